The van der Waals surface area contributed by atoms with Gasteiger partial charge in [0.2, 0.25) is 0 Å². The summed E-state index contributed by atoms with van der Waals surface area (Å²) in [5.41, 5.74) is 0.559. The van der Waals surface area contributed by atoms with Crippen LogP contribution in [-0.2, 0) is 16.6 Å². The molecule has 0 amide bonds. The Labute approximate surface area is 125 Å². The Kier molecular flexibility index (Phi) is 3.79. The van der Waals surface area contributed by atoms with Crippen LogP contribution >= 0.6 is 11.3 Å². The lowest BCUT2D eigenvalue weighted by atomic mass is 10.3. The predicted molar refractivity (Wildman–Crippen MR) is 79.8 cm³/mol. The first-order valence-corrected chi connectivity index (χ1v) is 8.78. The number of hydrogen-bond donors (Lipinski definition) is 3. The Bertz CT molecular complexity index is 772. The second-order valence-corrected chi connectivity index (χ2v) is 7.66. The molecule has 2 heterocycles. The maximum Gasteiger partial charge on any atom is 0.272 e. The number of sulfonamides is 1. The Hall–Kier alpha value is -1.71. The van der Waals surface area contributed by atoms with Gasteiger partial charge in [-0.15, -0.1) is 11.3 Å². The van der Waals surface area contributed by atoms with Crippen molar-refractivity contribution in [1.82, 2.24) is 15.5 Å². The maximum atomic E-state index is 12.2. The number of thiophene rings is 1. The summed E-state index contributed by atoms with van der Waals surface area (Å²) in [5.74, 6) is 0.0839. The quantitative estimate of drug-likeness (QED) is 0.731. The van der Waals surface area contributed by atoms with Gasteiger partial charge < -0.3 is 5.32 Å². The van der Waals surface area contributed by atoms with Crippen molar-refractivity contribution in [2.45, 2.75) is 29.6 Å². The molecule has 0 bridgehead atoms. The number of aromatic nitrogens is 2. The molecule has 3 N–H and O–H groups in total. The first kappa shape index (κ1) is 14.2. The summed E-state index contributed by atoms with van der Waals surface area (Å²) in [6.45, 7) is 0.674. The van der Waals surface area contributed by atoms with Crippen molar-refractivity contribution in [3.05, 3.63) is 39.5 Å². The summed E-state index contributed by atoms with van der Waals surface area (Å²) in [6.07, 6.45) is 2.38. The van der Waals surface area contributed by atoms with Crippen molar-refractivity contribution in [1.29, 1.82) is 0 Å². The molecule has 1 saturated carbocycles. The largest absolute Gasteiger partial charge is 0.310 e. The zero-order chi connectivity index (χ0) is 14.9. The molecule has 1 fully saturated rings. The van der Waals surface area contributed by atoms with Gasteiger partial charge in [0.1, 0.15) is 4.21 Å². The van der Waals surface area contributed by atoms with Crippen molar-refractivity contribution in [3.8, 4) is 0 Å². The van der Waals surface area contributed by atoms with Crippen molar-refractivity contribution >= 4 is 27.2 Å². The highest BCUT2D eigenvalue weighted by molar-refractivity contribution is 7.94. The predicted octanol–water partition coefficient (Wildman–Crippen LogP) is 0.884. The van der Waals surface area contributed by atoms with Gasteiger partial charge in [0, 0.05) is 18.7 Å². The van der Waals surface area contributed by atoms with E-state index in [1.54, 1.807) is 6.07 Å². The standard InChI is InChI=1S/C12H14N4O3S2/c17-11-4-3-10(14-15-11)16-21(18,19)12-5-8(7-20-12)6-13-9-1-2-9/h3-5,7,9,13H,1-2,6H2,(H,14,16)(H,15,17). The smallest absolute Gasteiger partial charge is 0.272 e. The zero-order valence-electron chi connectivity index (χ0n) is 11.0. The Morgan fingerprint density at radius 2 is 2.19 bits per heavy atom. The van der Waals surface area contributed by atoms with Crippen LogP contribution in [0.5, 0.6) is 0 Å². The van der Waals surface area contributed by atoms with E-state index in [9.17, 15) is 13.2 Å². The minimum atomic E-state index is -3.67. The lowest BCUT2D eigenvalue weighted by molar-refractivity contribution is 0.602. The second kappa shape index (κ2) is 5.58. The Balaban J connectivity index is 1.71. The molecule has 3 rings (SSSR count). The van der Waals surface area contributed by atoms with Crippen molar-refractivity contribution in [2.24, 2.45) is 0 Å². The number of rotatable bonds is 6. The Morgan fingerprint density at radius 1 is 1.38 bits per heavy atom. The van der Waals surface area contributed by atoms with E-state index < -0.39 is 10.0 Å². The highest BCUT2D eigenvalue weighted by Crippen LogP contribution is 2.24. The maximum absolute atomic E-state index is 12.2. The highest BCUT2D eigenvalue weighted by atomic mass is 32.2. The van der Waals surface area contributed by atoms with Crippen LogP contribution in [-0.4, -0.2) is 24.7 Å². The van der Waals surface area contributed by atoms with E-state index in [1.165, 1.54) is 25.0 Å². The number of aromatic amines is 1. The molecular formula is C12H14N4O3S2. The minimum Gasteiger partial charge on any atom is -0.310 e. The van der Waals surface area contributed by atoms with Gasteiger partial charge in [0.05, 0.1) is 0 Å². The summed E-state index contributed by atoms with van der Waals surface area (Å²) < 4.78 is 27.0. The molecule has 0 atom stereocenters. The molecule has 1 aliphatic carbocycles. The average molecular weight is 326 g/mol. The molecule has 2 aromatic rings. The van der Waals surface area contributed by atoms with Gasteiger partial charge in [-0.05, 0) is 35.9 Å². The fourth-order valence-corrected chi connectivity index (χ4v) is 3.94. The number of nitrogens with one attached hydrogen (secondary N) is 3. The topological polar surface area (TPSA) is 104 Å². The normalized spacial score (nSPS) is 15.0. The first-order valence-electron chi connectivity index (χ1n) is 6.42. The van der Waals surface area contributed by atoms with Gasteiger partial charge in [-0.3, -0.25) is 9.52 Å². The van der Waals surface area contributed by atoms with Crippen molar-refractivity contribution in [2.75, 3.05) is 4.72 Å². The molecule has 0 unspecified atom stereocenters. The van der Waals surface area contributed by atoms with Crippen LogP contribution < -0.4 is 15.6 Å². The van der Waals surface area contributed by atoms with Crippen LogP contribution in [0, 0.1) is 0 Å². The fourth-order valence-electron chi connectivity index (χ4n) is 1.73. The molecule has 112 valence electrons. The summed E-state index contributed by atoms with van der Waals surface area (Å²) in [7, 11) is -3.67. The van der Waals surface area contributed by atoms with Crippen molar-refractivity contribution in [3.63, 3.8) is 0 Å². The lowest BCUT2D eigenvalue weighted by Gasteiger charge is -2.04. The SMILES string of the molecule is O=c1ccc(NS(=O)(=O)c2cc(CNC3CC3)cs2)n[nH]1. The molecule has 2 aromatic heterocycles. The van der Waals surface area contributed by atoms with Crippen molar-refractivity contribution < 1.29 is 8.42 Å². The van der Waals surface area contributed by atoms with E-state index in [2.05, 4.69) is 20.2 Å². The van der Waals surface area contributed by atoms with E-state index in [1.807, 2.05) is 5.38 Å². The number of hydrogen-bond acceptors (Lipinski definition) is 6. The first-order chi connectivity index (χ1) is 10.0. The molecule has 0 aliphatic heterocycles. The third-order valence-electron chi connectivity index (χ3n) is 2.98. The van der Waals surface area contributed by atoms with Crippen LogP contribution in [0.2, 0.25) is 0 Å². The number of nitrogens with zero attached hydrogens (tertiary/aromatic N) is 1. The summed E-state index contributed by atoms with van der Waals surface area (Å²) in [5, 5.41) is 11.0. The molecule has 1 aliphatic rings. The lowest BCUT2D eigenvalue weighted by Crippen LogP contribution is -2.16. The molecular weight excluding hydrogens is 312 g/mol. The molecule has 0 aromatic carbocycles. The zero-order valence-corrected chi connectivity index (χ0v) is 12.6. The van der Waals surface area contributed by atoms with Crippen LogP contribution in [0.3, 0.4) is 0 Å². The van der Waals surface area contributed by atoms with Gasteiger partial charge in [-0.25, -0.2) is 13.5 Å². The van der Waals surface area contributed by atoms with Gasteiger partial charge in [0.25, 0.3) is 15.6 Å². The van der Waals surface area contributed by atoms with Gasteiger partial charge in [0.15, 0.2) is 5.82 Å². The summed E-state index contributed by atoms with van der Waals surface area (Å²) in [4.78, 5) is 10.9. The van der Waals surface area contributed by atoms with Gasteiger partial charge >= 0.3 is 0 Å². The number of anilines is 1. The van der Waals surface area contributed by atoms with E-state index in [0.717, 1.165) is 16.9 Å². The molecule has 0 saturated heterocycles. The van der Waals surface area contributed by atoms with E-state index in [4.69, 9.17) is 0 Å². The highest BCUT2D eigenvalue weighted by Gasteiger charge is 2.21. The molecule has 0 spiro atoms. The van der Waals surface area contributed by atoms with E-state index in [-0.39, 0.29) is 15.6 Å². The van der Waals surface area contributed by atoms with Gasteiger partial charge in [-0.1, -0.05) is 0 Å². The van der Waals surface area contributed by atoms with E-state index >= 15 is 0 Å². The molecule has 0 radical (unpaired) electrons. The fraction of sp³-hybridized carbons (Fsp3) is 0.333. The average Bonchev–Trinajstić information content (AvgIpc) is 3.15. The van der Waals surface area contributed by atoms with Crippen LogP contribution in [0.4, 0.5) is 5.82 Å². The molecule has 21 heavy (non-hydrogen) atoms. The molecule has 9 heteroatoms. The minimum absolute atomic E-state index is 0.0839. The van der Waals surface area contributed by atoms with E-state index in [0.29, 0.717) is 12.6 Å². The van der Waals surface area contributed by atoms with Crippen LogP contribution in [0.1, 0.15) is 18.4 Å². The van der Waals surface area contributed by atoms with Crippen LogP contribution in [0.25, 0.3) is 0 Å². The monoisotopic (exact) mass is 326 g/mol. The Morgan fingerprint density at radius 3 is 2.86 bits per heavy atom. The second-order valence-electron chi connectivity index (χ2n) is 4.84. The summed E-state index contributed by atoms with van der Waals surface area (Å²) >= 11 is 1.16. The van der Waals surface area contributed by atoms with Gasteiger partial charge in [-0.2, -0.15) is 5.10 Å². The molecule has 7 nitrogen and oxygen atoms in total. The van der Waals surface area contributed by atoms with Crippen LogP contribution in [0.15, 0.2) is 32.6 Å². The number of H-pyrrole nitrogens is 1. The summed E-state index contributed by atoms with van der Waals surface area (Å²) in [6, 6.07) is 4.76. The third kappa shape index (κ3) is 3.69. The third-order valence-corrected chi connectivity index (χ3v) is 5.83.